The number of para-hydroxylation sites is 1. The van der Waals surface area contributed by atoms with Crippen LogP contribution in [0.5, 0.6) is 0 Å². The molecule has 0 aliphatic carbocycles. The first-order valence-corrected chi connectivity index (χ1v) is 7.67. The van der Waals surface area contributed by atoms with E-state index in [2.05, 4.69) is 20.6 Å². The molecule has 0 aliphatic heterocycles. The molecule has 1 aromatic carbocycles. The SMILES string of the molecule is Cc1nn(-c2ccccc2)c(Cl)c1CSc1nnnn1C. The van der Waals surface area contributed by atoms with Crippen molar-refractivity contribution < 1.29 is 0 Å². The highest BCUT2D eigenvalue weighted by molar-refractivity contribution is 7.98. The van der Waals surface area contributed by atoms with Crippen LogP contribution in [-0.2, 0) is 12.8 Å². The van der Waals surface area contributed by atoms with Crippen LogP contribution < -0.4 is 0 Å². The standard InChI is InChI=1S/C13H13ClN6S/c1-9-11(8-21-13-15-17-18-19(13)2)12(14)20(16-9)10-6-4-3-5-7-10/h3-7H,8H2,1-2H3. The Morgan fingerprint density at radius 1 is 1.24 bits per heavy atom. The van der Waals surface area contributed by atoms with Gasteiger partial charge in [-0.2, -0.15) is 5.10 Å². The Kier molecular flexibility index (Phi) is 3.94. The van der Waals surface area contributed by atoms with Crippen LogP contribution in [0.4, 0.5) is 0 Å². The second-order valence-electron chi connectivity index (χ2n) is 4.48. The molecule has 0 saturated heterocycles. The van der Waals surface area contributed by atoms with Gasteiger partial charge in [-0.1, -0.05) is 41.6 Å². The monoisotopic (exact) mass is 320 g/mol. The molecule has 3 aromatic rings. The molecular formula is C13H13ClN6S. The summed E-state index contributed by atoms with van der Waals surface area (Å²) in [6.07, 6.45) is 0. The van der Waals surface area contributed by atoms with Gasteiger partial charge in [-0.15, -0.1) is 5.10 Å². The molecule has 21 heavy (non-hydrogen) atoms. The number of aryl methyl sites for hydroxylation is 2. The third kappa shape index (κ3) is 2.79. The minimum Gasteiger partial charge on any atom is -0.224 e. The van der Waals surface area contributed by atoms with Crippen LogP contribution in [0.2, 0.25) is 5.15 Å². The fraction of sp³-hybridized carbons (Fsp3) is 0.231. The van der Waals surface area contributed by atoms with Crippen LogP contribution in [0.1, 0.15) is 11.3 Å². The van der Waals surface area contributed by atoms with Crippen molar-refractivity contribution in [2.45, 2.75) is 17.8 Å². The van der Waals surface area contributed by atoms with Gasteiger partial charge in [0.25, 0.3) is 0 Å². The average molecular weight is 321 g/mol. The minimum atomic E-state index is 0.626. The molecule has 0 N–H and O–H groups in total. The van der Waals surface area contributed by atoms with Gasteiger partial charge in [-0.05, 0) is 29.5 Å². The van der Waals surface area contributed by atoms with Gasteiger partial charge in [-0.3, -0.25) is 0 Å². The lowest BCUT2D eigenvalue weighted by atomic mass is 10.3. The van der Waals surface area contributed by atoms with Crippen LogP contribution >= 0.6 is 23.4 Å². The molecule has 0 aliphatic rings. The number of tetrazole rings is 1. The predicted octanol–water partition coefficient (Wildman–Crippen LogP) is 2.65. The molecule has 0 atom stereocenters. The topological polar surface area (TPSA) is 61.4 Å². The summed E-state index contributed by atoms with van der Waals surface area (Å²) in [6.45, 7) is 1.95. The minimum absolute atomic E-state index is 0.626. The fourth-order valence-corrected chi connectivity index (χ4v) is 3.27. The zero-order valence-electron chi connectivity index (χ0n) is 11.6. The molecule has 2 aromatic heterocycles. The van der Waals surface area contributed by atoms with Crippen LogP contribution in [0.25, 0.3) is 5.69 Å². The molecule has 6 nitrogen and oxygen atoms in total. The molecule has 2 heterocycles. The van der Waals surface area contributed by atoms with Gasteiger partial charge in [0.1, 0.15) is 5.15 Å². The van der Waals surface area contributed by atoms with Crippen molar-refractivity contribution in [3.05, 3.63) is 46.7 Å². The smallest absolute Gasteiger partial charge is 0.209 e. The van der Waals surface area contributed by atoms with Crippen LogP contribution in [0.3, 0.4) is 0 Å². The number of aromatic nitrogens is 6. The van der Waals surface area contributed by atoms with E-state index in [9.17, 15) is 0 Å². The van der Waals surface area contributed by atoms with Crippen molar-refractivity contribution in [3.8, 4) is 5.69 Å². The van der Waals surface area contributed by atoms with E-state index in [4.69, 9.17) is 11.6 Å². The van der Waals surface area contributed by atoms with Crippen molar-refractivity contribution >= 4 is 23.4 Å². The number of halogens is 1. The van der Waals surface area contributed by atoms with E-state index in [1.165, 1.54) is 11.8 Å². The Morgan fingerprint density at radius 2 is 2.00 bits per heavy atom. The number of benzene rings is 1. The molecule has 0 radical (unpaired) electrons. The summed E-state index contributed by atoms with van der Waals surface area (Å²) in [5.41, 5.74) is 2.85. The highest BCUT2D eigenvalue weighted by Gasteiger charge is 2.16. The first kappa shape index (κ1) is 14.1. The summed E-state index contributed by atoms with van der Waals surface area (Å²) in [6, 6.07) is 9.83. The van der Waals surface area contributed by atoms with Gasteiger partial charge in [0.2, 0.25) is 5.16 Å². The summed E-state index contributed by atoms with van der Waals surface area (Å²) in [5, 5.41) is 17.3. The second-order valence-corrected chi connectivity index (χ2v) is 5.78. The third-order valence-corrected chi connectivity index (χ3v) is 4.47. The molecule has 8 heteroatoms. The predicted molar refractivity (Wildman–Crippen MR) is 81.7 cm³/mol. The van der Waals surface area contributed by atoms with Gasteiger partial charge in [0.15, 0.2) is 0 Å². The average Bonchev–Trinajstić information content (AvgIpc) is 3.02. The van der Waals surface area contributed by atoms with E-state index < -0.39 is 0 Å². The Labute approximate surface area is 131 Å². The molecule has 108 valence electrons. The fourth-order valence-electron chi connectivity index (χ4n) is 1.92. The van der Waals surface area contributed by atoms with Crippen molar-refractivity contribution in [1.29, 1.82) is 0 Å². The molecule has 0 fully saturated rings. The summed E-state index contributed by atoms with van der Waals surface area (Å²) in [7, 11) is 1.81. The van der Waals surface area contributed by atoms with Gasteiger partial charge in [0, 0.05) is 18.4 Å². The van der Waals surface area contributed by atoms with E-state index in [1.54, 1.807) is 9.36 Å². The van der Waals surface area contributed by atoms with Crippen molar-refractivity contribution in [2.24, 2.45) is 7.05 Å². The van der Waals surface area contributed by atoms with Gasteiger partial charge in [0.05, 0.1) is 11.4 Å². The highest BCUT2D eigenvalue weighted by atomic mass is 35.5. The van der Waals surface area contributed by atoms with Gasteiger partial charge < -0.3 is 0 Å². The first-order valence-electron chi connectivity index (χ1n) is 6.31. The maximum atomic E-state index is 6.47. The zero-order valence-corrected chi connectivity index (χ0v) is 13.1. The first-order chi connectivity index (χ1) is 10.2. The van der Waals surface area contributed by atoms with Crippen LogP contribution in [-0.4, -0.2) is 30.0 Å². The molecule has 3 rings (SSSR count). The third-order valence-electron chi connectivity index (χ3n) is 3.05. The van der Waals surface area contributed by atoms with Gasteiger partial charge >= 0.3 is 0 Å². The largest absolute Gasteiger partial charge is 0.224 e. The van der Waals surface area contributed by atoms with E-state index in [-0.39, 0.29) is 0 Å². The summed E-state index contributed by atoms with van der Waals surface area (Å²) in [5.74, 6) is 0.672. The Morgan fingerprint density at radius 3 is 2.67 bits per heavy atom. The van der Waals surface area contributed by atoms with Crippen molar-refractivity contribution in [3.63, 3.8) is 0 Å². The van der Waals surface area contributed by atoms with E-state index in [0.717, 1.165) is 22.1 Å². The Bertz CT molecular complexity index is 751. The molecule has 0 saturated carbocycles. The normalized spacial score (nSPS) is 11.0. The van der Waals surface area contributed by atoms with Crippen molar-refractivity contribution in [2.75, 3.05) is 0 Å². The zero-order chi connectivity index (χ0) is 14.8. The molecule has 0 spiro atoms. The van der Waals surface area contributed by atoms with E-state index in [0.29, 0.717) is 10.9 Å². The Balaban J connectivity index is 1.87. The number of hydrogen-bond donors (Lipinski definition) is 0. The summed E-state index contributed by atoms with van der Waals surface area (Å²) < 4.78 is 3.39. The van der Waals surface area contributed by atoms with Crippen LogP contribution in [0.15, 0.2) is 35.5 Å². The Hall–Kier alpha value is -1.86. The lowest BCUT2D eigenvalue weighted by Crippen LogP contribution is -1.96. The lowest BCUT2D eigenvalue weighted by molar-refractivity contribution is 0.664. The number of nitrogens with zero attached hydrogens (tertiary/aromatic N) is 6. The van der Waals surface area contributed by atoms with E-state index >= 15 is 0 Å². The number of thioether (sulfide) groups is 1. The summed E-state index contributed by atoms with van der Waals surface area (Å²) >= 11 is 8.01. The quantitative estimate of drug-likeness (QED) is 0.692. The molecule has 0 amide bonds. The maximum Gasteiger partial charge on any atom is 0.209 e. The van der Waals surface area contributed by atoms with Crippen molar-refractivity contribution in [1.82, 2.24) is 30.0 Å². The van der Waals surface area contributed by atoms with Gasteiger partial charge in [-0.25, -0.2) is 9.36 Å². The van der Waals surface area contributed by atoms with E-state index in [1.807, 2.05) is 44.3 Å². The molecule has 0 unspecified atom stereocenters. The molecule has 0 bridgehead atoms. The summed E-state index contributed by atoms with van der Waals surface area (Å²) in [4.78, 5) is 0. The van der Waals surface area contributed by atoms with Crippen LogP contribution in [0, 0.1) is 6.92 Å². The highest BCUT2D eigenvalue weighted by Crippen LogP contribution is 2.29. The molecular weight excluding hydrogens is 308 g/mol. The number of rotatable bonds is 4. The maximum absolute atomic E-state index is 6.47. The lowest BCUT2D eigenvalue weighted by Gasteiger charge is -2.03. The number of hydrogen-bond acceptors (Lipinski definition) is 5. The second kappa shape index (κ2) is 5.87.